The van der Waals surface area contributed by atoms with Gasteiger partial charge in [-0.25, -0.2) is 14.4 Å². The van der Waals surface area contributed by atoms with Crippen LogP contribution in [0, 0.1) is 12.7 Å². The van der Waals surface area contributed by atoms with Crippen LogP contribution in [0.4, 0.5) is 16.0 Å². The first kappa shape index (κ1) is 16.0. The van der Waals surface area contributed by atoms with Gasteiger partial charge in [0.05, 0.1) is 5.52 Å². The Morgan fingerprint density at radius 2 is 1.96 bits per heavy atom. The van der Waals surface area contributed by atoms with Crippen LogP contribution in [0.25, 0.3) is 10.9 Å². The minimum absolute atomic E-state index is 0.368. The number of aromatic nitrogens is 4. The lowest BCUT2D eigenvalue weighted by Crippen LogP contribution is -2.03. The first-order valence-electron chi connectivity index (χ1n) is 8.10. The Morgan fingerprint density at radius 1 is 1.12 bits per heavy atom. The van der Waals surface area contributed by atoms with E-state index >= 15 is 0 Å². The maximum Gasteiger partial charge on any atom is 0.164 e. The van der Waals surface area contributed by atoms with Crippen LogP contribution >= 0.6 is 0 Å². The molecule has 2 aromatic carbocycles. The second kappa shape index (κ2) is 6.44. The van der Waals surface area contributed by atoms with Gasteiger partial charge in [-0.1, -0.05) is 18.2 Å². The van der Waals surface area contributed by atoms with Gasteiger partial charge in [0.2, 0.25) is 0 Å². The molecule has 0 aliphatic heterocycles. The van der Waals surface area contributed by atoms with Gasteiger partial charge >= 0.3 is 0 Å². The predicted octanol–water partition coefficient (Wildman–Crippen LogP) is 3.84. The number of phenolic OH excluding ortho intramolecular Hbond substituents is 1. The van der Waals surface area contributed by atoms with Gasteiger partial charge in [0, 0.05) is 23.6 Å². The number of hydrogen-bond acceptors (Lipinski definition) is 5. The maximum atomic E-state index is 13.3. The highest BCUT2D eigenvalue weighted by Gasteiger charge is 2.11. The third-order valence-corrected chi connectivity index (χ3v) is 3.97. The predicted molar refractivity (Wildman–Crippen MR) is 97.0 cm³/mol. The molecule has 0 amide bonds. The monoisotopic (exact) mass is 349 g/mol. The molecule has 26 heavy (non-hydrogen) atoms. The first-order chi connectivity index (χ1) is 12.6. The molecule has 2 aromatic heterocycles. The lowest BCUT2D eigenvalue weighted by atomic mass is 10.1. The van der Waals surface area contributed by atoms with E-state index in [0.29, 0.717) is 23.9 Å². The van der Waals surface area contributed by atoms with Crippen molar-refractivity contribution in [1.82, 2.24) is 20.2 Å². The lowest BCUT2D eigenvalue weighted by Gasteiger charge is -2.09. The molecule has 4 aromatic rings. The van der Waals surface area contributed by atoms with Crippen molar-refractivity contribution in [2.24, 2.45) is 0 Å². The second-order valence-electron chi connectivity index (χ2n) is 6.03. The maximum absolute atomic E-state index is 13.3. The molecule has 0 saturated heterocycles. The molecule has 0 atom stereocenters. The Morgan fingerprint density at radius 3 is 2.73 bits per heavy atom. The van der Waals surface area contributed by atoms with Crippen LogP contribution in [0.3, 0.4) is 0 Å². The van der Waals surface area contributed by atoms with Crippen LogP contribution in [-0.4, -0.2) is 25.3 Å². The van der Waals surface area contributed by atoms with E-state index in [1.807, 2.05) is 37.3 Å². The molecule has 0 unspecified atom stereocenters. The SMILES string of the molecule is Cc1cc(Nc2nc(Cc3ccc(F)c(O)c3)nc3ccccc23)n[nH]1. The summed E-state index contributed by atoms with van der Waals surface area (Å²) in [5.74, 6) is 0.836. The summed E-state index contributed by atoms with van der Waals surface area (Å²) in [5, 5.41) is 20.7. The molecule has 3 N–H and O–H groups in total. The van der Waals surface area contributed by atoms with Crippen molar-refractivity contribution in [1.29, 1.82) is 0 Å². The van der Waals surface area contributed by atoms with Gasteiger partial charge in [0.25, 0.3) is 0 Å². The summed E-state index contributed by atoms with van der Waals surface area (Å²) in [6.07, 6.45) is 0.368. The van der Waals surface area contributed by atoms with Crippen LogP contribution < -0.4 is 5.32 Å². The van der Waals surface area contributed by atoms with Crippen LogP contribution in [-0.2, 0) is 6.42 Å². The zero-order valence-electron chi connectivity index (χ0n) is 14.0. The molecule has 4 rings (SSSR count). The van der Waals surface area contributed by atoms with Gasteiger partial charge in [0.1, 0.15) is 11.6 Å². The summed E-state index contributed by atoms with van der Waals surface area (Å²) < 4.78 is 13.3. The van der Waals surface area contributed by atoms with Crippen molar-refractivity contribution < 1.29 is 9.50 Å². The number of anilines is 2. The van der Waals surface area contributed by atoms with E-state index in [1.54, 1.807) is 6.07 Å². The molecule has 0 fully saturated rings. The lowest BCUT2D eigenvalue weighted by molar-refractivity contribution is 0.431. The van der Waals surface area contributed by atoms with Crippen LogP contribution in [0.2, 0.25) is 0 Å². The van der Waals surface area contributed by atoms with Gasteiger partial charge < -0.3 is 10.4 Å². The van der Waals surface area contributed by atoms with Crippen LogP contribution in [0.5, 0.6) is 5.75 Å². The molecule has 6 nitrogen and oxygen atoms in total. The Bertz CT molecular complexity index is 1090. The topological polar surface area (TPSA) is 86.7 Å². The summed E-state index contributed by atoms with van der Waals surface area (Å²) in [6, 6.07) is 13.8. The summed E-state index contributed by atoms with van der Waals surface area (Å²) in [4.78, 5) is 9.18. The standard InChI is InChI=1S/C19H16FN5O/c1-11-8-18(25-24-11)23-19-13-4-2-3-5-15(13)21-17(22-19)10-12-6-7-14(20)16(26)9-12/h2-9,26H,10H2,1H3,(H2,21,22,23,24,25). The first-order valence-corrected chi connectivity index (χ1v) is 8.10. The number of aromatic hydroxyl groups is 1. The highest BCUT2D eigenvalue weighted by Crippen LogP contribution is 2.25. The number of aryl methyl sites for hydroxylation is 1. The fraction of sp³-hybridized carbons (Fsp3) is 0.105. The summed E-state index contributed by atoms with van der Waals surface area (Å²) in [5.41, 5.74) is 2.45. The smallest absolute Gasteiger partial charge is 0.164 e. The number of benzene rings is 2. The molecule has 7 heteroatoms. The van der Waals surface area contributed by atoms with Crippen molar-refractivity contribution in [3.63, 3.8) is 0 Å². The molecular weight excluding hydrogens is 333 g/mol. The number of nitrogens with zero attached hydrogens (tertiary/aromatic N) is 3. The average molecular weight is 349 g/mol. The fourth-order valence-electron chi connectivity index (χ4n) is 2.75. The Hall–Kier alpha value is -3.48. The van der Waals surface area contributed by atoms with E-state index in [1.165, 1.54) is 12.1 Å². The molecule has 130 valence electrons. The zero-order chi connectivity index (χ0) is 18.1. The number of phenols is 1. The van der Waals surface area contributed by atoms with Gasteiger partial charge in [0.15, 0.2) is 17.4 Å². The van der Waals surface area contributed by atoms with Gasteiger partial charge in [-0.3, -0.25) is 5.10 Å². The van der Waals surface area contributed by atoms with Gasteiger partial charge in [-0.05, 0) is 36.8 Å². The molecular formula is C19H16FN5O. The summed E-state index contributed by atoms with van der Waals surface area (Å²) in [6.45, 7) is 1.92. The zero-order valence-corrected chi connectivity index (χ0v) is 14.0. The number of hydrogen-bond donors (Lipinski definition) is 3. The average Bonchev–Trinajstić information content (AvgIpc) is 3.03. The van der Waals surface area contributed by atoms with E-state index in [9.17, 15) is 9.50 Å². The molecule has 2 heterocycles. The third kappa shape index (κ3) is 3.19. The number of H-pyrrole nitrogens is 1. The normalized spacial score (nSPS) is 11.0. The quantitative estimate of drug-likeness (QED) is 0.521. The van der Waals surface area contributed by atoms with E-state index in [4.69, 9.17) is 0 Å². The fourth-order valence-corrected chi connectivity index (χ4v) is 2.75. The Balaban J connectivity index is 1.74. The molecule has 0 spiro atoms. The van der Waals surface area contributed by atoms with Crippen molar-refractivity contribution in [3.05, 3.63) is 71.4 Å². The van der Waals surface area contributed by atoms with E-state index in [2.05, 4.69) is 25.5 Å². The minimum Gasteiger partial charge on any atom is -0.505 e. The molecule has 0 aliphatic carbocycles. The van der Waals surface area contributed by atoms with Gasteiger partial charge in [-0.2, -0.15) is 5.10 Å². The van der Waals surface area contributed by atoms with Crippen LogP contribution in [0.1, 0.15) is 17.1 Å². The van der Waals surface area contributed by atoms with Crippen molar-refractivity contribution in [2.75, 3.05) is 5.32 Å². The molecule has 0 aliphatic rings. The number of para-hydroxylation sites is 1. The Kier molecular flexibility index (Phi) is 3.96. The molecule has 0 saturated carbocycles. The largest absolute Gasteiger partial charge is 0.505 e. The number of nitrogens with one attached hydrogen (secondary N) is 2. The number of aromatic amines is 1. The Labute approximate surface area is 148 Å². The summed E-state index contributed by atoms with van der Waals surface area (Å²) >= 11 is 0. The minimum atomic E-state index is -0.649. The van der Waals surface area contributed by atoms with Crippen molar-refractivity contribution in [2.45, 2.75) is 13.3 Å². The van der Waals surface area contributed by atoms with E-state index in [0.717, 1.165) is 22.2 Å². The van der Waals surface area contributed by atoms with E-state index in [-0.39, 0.29) is 5.75 Å². The summed E-state index contributed by atoms with van der Waals surface area (Å²) in [7, 11) is 0. The number of halogens is 1. The molecule has 0 radical (unpaired) electrons. The number of fused-ring (bicyclic) bond motifs is 1. The third-order valence-electron chi connectivity index (χ3n) is 3.97. The van der Waals surface area contributed by atoms with E-state index < -0.39 is 5.82 Å². The number of rotatable bonds is 4. The van der Waals surface area contributed by atoms with Gasteiger partial charge in [-0.15, -0.1) is 0 Å². The van der Waals surface area contributed by atoms with Crippen LogP contribution in [0.15, 0.2) is 48.5 Å². The van der Waals surface area contributed by atoms with Crippen molar-refractivity contribution in [3.8, 4) is 5.75 Å². The second-order valence-corrected chi connectivity index (χ2v) is 6.03. The highest BCUT2D eigenvalue weighted by molar-refractivity contribution is 5.90. The molecule has 0 bridgehead atoms. The highest BCUT2D eigenvalue weighted by atomic mass is 19.1. The van der Waals surface area contributed by atoms with Crippen molar-refractivity contribution >= 4 is 22.5 Å².